The lowest BCUT2D eigenvalue weighted by atomic mass is 10.2. The zero-order valence-electron chi connectivity index (χ0n) is 9.07. The number of aliphatic carboxylic acids is 1. The summed E-state index contributed by atoms with van der Waals surface area (Å²) in [6.45, 7) is -0.354. The Morgan fingerprint density at radius 3 is 2.94 bits per heavy atom. The Hall–Kier alpha value is -1.08. The molecule has 0 bridgehead atoms. The molecule has 0 unspecified atom stereocenters. The second-order valence-corrected chi connectivity index (χ2v) is 4.28. The SMILES string of the molecule is O=C(O)CCc1csc(CCOCC(F)F)n1. The summed E-state index contributed by atoms with van der Waals surface area (Å²) < 4.78 is 28.2. The number of carboxylic acids is 1. The predicted octanol–water partition coefficient (Wildman–Crippen LogP) is 1.98. The molecular weight excluding hydrogens is 252 g/mol. The molecule has 1 heterocycles. The van der Waals surface area contributed by atoms with Gasteiger partial charge in [-0.1, -0.05) is 0 Å². The van der Waals surface area contributed by atoms with Crippen molar-refractivity contribution in [1.29, 1.82) is 0 Å². The molecule has 17 heavy (non-hydrogen) atoms. The first-order valence-electron chi connectivity index (χ1n) is 5.09. The topological polar surface area (TPSA) is 59.4 Å². The van der Waals surface area contributed by atoms with Crippen molar-refractivity contribution >= 4 is 17.3 Å². The van der Waals surface area contributed by atoms with Crippen LogP contribution in [0.5, 0.6) is 0 Å². The molecule has 0 aliphatic heterocycles. The molecular formula is C10H13F2NO3S. The highest BCUT2D eigenvalue weighted by Crippen LogP contribution is 2.12. The van der Waals surface area contributed by atoms with Gasteiger partial charge >= 0.3 is 5.97 Å². The number of hydrogen-bond donors (Lipinski definition) is 1. The lowest BCUT2D eigenvalue weighted by molar-refractivity contribution is -0.136. The normalized spacial score (nSPS) is 11.0. The fourth-order valence-electron chi connectivity index (χ4n) is 1.15. The number of alkyl halides is 2. The summed E-state index contributed by atoms with van der Waals surface area (Å²) in [5.74, 6) is -0.861. The molecule has 4 nitrogen and oxygen atoms in total. The van der Waals surface area contributed by atoms with E-state index in [0.29, 0.717) is 12.8 Å². The van der Waals surface area contributed by atoms with E-state index in [4.69, 9.17) is 9.84 Å². The molecule has 0 radical (unpaired) electrons. The van der Waals surface area contributed by atoms with Crippen molar-refractivity contribution in [2.45, 2.75) is 25.7 Å². The van der Waals surface area contributed by atoms with E-state index in [9.17, 15) is 13.6 Å². The van der Waals surface area contributed by atoms with Gasteiger partial charge in [-0.3, -0.25) is 4.79 Å². The second-order valence-electron chi connectivity index (χ2n) is 3.34. The second kappa shape index (κ2) is 7.29. The number of carbonyl (C=O) groups is 1. The molecule has 0 aromatic carbocycles. The Bertz CT molecular complexity index is 357. The smallest absolute Gasteiger partial charge is 0.303 e. The highest BCUT2D eigenvalue weighted by atomic mass is 32.1. The monoisotopic (exact) mass is 265 g/mol. The van der Waals surface area contributed by atoms with Crippen LogP contribution >= 0.6 is 11.3 Å². The Morgan fingerprint density at radius 1 is 1.53 bits per heavy atom. The summed E-state index contributed by atoms with van der Waals surface area (Å²) in [6, 6.07) is 0. The van der Waals surface area contributed by atoms with Crippen LogP contribution in [0.4, 0.5) is 8.78 Å². The van der Waals surface area contributed by atoms with Crippen LogP contribution in [0.25, 0.3) is 0 Å². The molecule has 0 aliphatic rings. The molecule has 96 valence electrons. The quantitative estimate of drug-likeness (QED) is 0.730. The Morgan fingerprint density at radius 2 is 2.29 bits per heavy atom. The number of rotatable bonds is 8. The van der Waals surface area contributed by atoms with Crippen molar-refractivity contribution in [3.05, 3.63) is 16.1 Å². The third-order valence-corrected chi connectivity index (χ3v) is 2.86. The van der Waals surface area contributed by atoms with Crippen molar-refractivity contribution in [2.24, 2.45) is 0 Å². The predicted molar refractivity (Wildman–Crippen MR) is 58.6 cm³/mol. The van der Waals surface area contributed by atoms with E-state index < -0.39 is 19.0 Å². The summed E-state index contributed by atoms with van der Waals surface area (Å²) in [5.41, 5.74) is 0.723. The third-order valence-electron chi connectivity index (χ3n) is 1.90. The Balaban J connectivity index is 2.23. The standard InChI is InChI=1S/C10H13F2NO3S/c11-8(12)5-16-4-3-9-13-7(6-17-9)1-2-10(14)15/h6,8H,1-5H2,(H,14,15). The number of ether oxygens (including phenoxy) is 1. The summed E-state index contributed by atoms with van der Waals surface area (Å²) in [5, 5.41) is 11.1. The van der Waals surface area contributed by atoms with Gasteiger partial charge in [0.2, 0.25) is 0 Å². The van der Waals surface area contributed by atoms with Gasteiger partial charge in [0, 0.05) is 18.2 Å². The molecule has 1 rings (SSSR count). The summed E-state index contributed by atoms with van der Waals surface area (Å²) in [6.07, 6.45) is -1.53. The van der Waals surface area contributed by atoms with Gasteiger partial charge in [0.05, 0.1) is 23.7 Å². The van der Waals surface area contributed by atoms with Crippen molar-refractivity contribution < 1.29 is 23.4 Å². The minimum atomic E-state index is -2.45. The minimum Gasteiger partial charge on any atom is -0.481 e. The van der Waals surface area contributed by atoms with Gasteiger partial charge in [0.1, 0.15) is 6.61 Å². The Labute approximate surface area is 101 Å². The van der Waals surface area contributed by atoms with E-state index in [-0.39, 0.29) is 13.0 Å². The van der Waals surface area contributed by atoms with E-state index in [0.717, 1.165) is 10.7 Å². The number of aryl methyl sites for hydroxylation is 1. The highest BCUT2D eigenvalue weighted by Gasteiger charge is 2.06. The van der Waals surface area contributed by atoms with Gasteiger partial charge in [-0.25, -0.2) is 13.8 Å². The molecule has 0 amide bonds. The average Bonchev–Trinajstić information content (AvgIpc) is 2.69. The zero-order chi connectivity index (χ0) is 12.7. The van der Waals surface area contributed by atoms with Gasteiger partial charge in [-0.2, -0.15) is 0 Å². The van der Waals surface area contributed by atoms with Crippen LogP contribution in [-0.2, 0) is 22.4 Å². The van der Waals surface area contributed by atoms with E-state index in [1.807, 2.05) is 0 Å². The van der Waals surface area contributed by atoms with Crippen LogP contribution in [0, 0.1) is 0 Å². The first-order valence-corrected chi connectivity index (χ1v) is 5.97. The van der Waals surface area contributed by atoms with Crippen molar-refractivity contribution in [3.8, 4) is 0 Å². The summed E-state index contributed by atoms with van der Waals surface area (Å²) in [4.78, 5) is 14.5. The molecule has 7 heteroatoms. The van der Waals surface area contributed by atoms with E-state index in [1.54, 1.807) is 5.38 Å². The van der Waals surface area contributed by atoms with E-state index in [2.05, 4.69) is 4.98 Å². The molecule has 1 aromatic heterocycles. The van der Waals surface area contributed by atoms with Gasteiger partial charge in [0.25, 0.3) is 6.43 Å². The largest absolute Gasteiger partial charge is 0.481 e. The van der Waals surface area contributed by atoms with Gasteiger partial charge in [-0.05, 0) is 0 Å². The molecule has 0 saturated heterocycles. The van der Waals surface area contributed by atoms with E-state index in [1.165, 1.54) is 11.3 Å². The lowest BCUT2D eigenvalue weighted by Crippen LogP contribution is -2.07. The molecule has 1 N–H and O–H groups in total. The van der Waals surface area contributed by atoms with Crippen molar-refractivity contribution in [2.75, 3.05) is 13.2 Å². The van der Waals surface area contributed by atoms with Crippen LogP contribution in [0.3, 0.4) is 0 Å². The average molecular weight is 265 g/mol. The zero-order valence-corrected chi connectivity index (χ0v) is 9.88. The van der Waals surface area contributed by atoms with Crippen molar-refractivity contribution in [3.63, 3.8) is 0 Å². The maximum absolute atomic E-state index is 11.7. The number of thiazole rings is 1. The maximum atomic E-state index is 11.7. The lowest BCUT2D eigenvalue weighted by Gasteiger charge is -2.00. The minimum absolute atomic E-state index is 0.0467. The van der Waals surface area contributed by atoms with Crippen LogP contribution in [0.15, 0.2) is 5.38 Å². The molecule has 0 fully saturated rings. The summed E-state index contributed by atoms with van der Waals surface area (Å²) in [7, 11) is 0. The number of carboxylic acid groups (broad SMARTS) is 1. The maximum Gasteiger partial charge on any atom is 0.303 e. The number of aromatic nitrogens is 1. The first kappa shape index (κ1) is 14.0. The van der Waals surface area contributed by atoms with Crippen LogP contribution in [0.2, 0.25) is 0 Å². The summed E-state index contributed by atoms with van der Waals surface area (Å²) >= 11 is 1.39. The first-order chi connectivity index (χ1) is 8.08. The number of nitrogens with zero attached hydrogens (tertiary/aromatic N) is 1. The molecule has 0 saturated carbocycles. The van der Waals surface area contributed by atoms with Gasteiger partial charge in [0.15, 0.2) is 0 Å². The van der Waals surface area contributed by atoms with Gasteiger partial charge < -0.3 is 9.84 Å². The fraction of sp³-hybridized carbons (Fsp3) is 0.600. The van der Waals surface area contributed by atoms with Crippen molar-refractivity contribution in [1.82, 2.24) is 4.98 Å². The third kappa shape index (κ3) is 6.28. The van der Waals surface area contributed by atoms with Gasteiger partial charge in [-0.15, -0.1) is 11.3 Å². The van der Waals surface area contributed by atoms with Crippen LogP contribution in [-0.4, -0.2) is 35.7 Å². The molecule has 1 aromatic rings. The molecule has 0 atom stereocenters. The number of halogens is 2. The molecule has 0 spiro atoms. The molecule has 0 aliphatic carbocycles. The van der Waals surface area contributed by atoms with Crippen LogP contribution < -0.4 is 0 Å². The number of hydrogen-bond acceptors (Lipinski definition) is 4. The Kier molecular flexibility index (Phi) is 5.99. The van der Waals surface area contributed by atoms with E-state index >= 15 is 0 Å². The fourth-order valence-corrected chi connectivity index (χ4v) is 1.96. The highest BCUT2D eigenvalue weighted by molar-refractivity contribution is 7.09. The van der Waals surface area contributed by atoms with Crippen LogP contribution in [0.1, 0.15) is 17.1 Å².